The van der Waals surface area contributed by atoms with E-state index in [1.165, 1.54) is 37.1 Å². The van der Waals surface area contributed by atoms with Crippen LogP contribution in [0.15, 0.2) is 47.4 Å². The molecule has 0 aliphatic heterocycles. The van der Waals surface area contributed by atoms with Gasteiger partial charge in [0.25, 0.3) is 5.69 Å². The Kier molecular flexibility index (Phi) is 5.59. The highest BCUT2D eigenvalue weighted by Gasteiger charge is 2.14. The Balaban J connectivity index is 2.06. The number of ether oxygens (including phenoxy) is 1. The van der Waals surface area contributed by atoms with E-state index in [2.05, 4.69) is 5.32 Å². The monoisotopic (exact) mass is 332 g/mol. The number of benzene rings is 2. The molecule has 0 unspecified atom stereocenters. The number of carbonyl (C=O) groups is 1. The van der Waals surface area contributed by atoms with Crippen molar-refractivity contribution in [3.8, 4) is 5.75 Å². The number of hydrogen-bond donors (Lipinski definition) is 1. The van der Waals surface area contributed by atoms with Gasteiger partial charge < -0.3 is 10.1 Å². The quantitative estimate of drug-likeness (QED) is 0.496. The molecule has 0 spiro atoms. The van der Waals surface area contributed by atoms with Crippen LogP contribution in [0.25, 0.3) is 0 Å². The normalized spacial score (nSPS) is 10.2. The largest absolute Gasteiger partial charge is 0.495 e. The van der Waals surface area contributed by atoms with Gasteiger partial charge in [0.15, 0.2) is 0 Å². The molecule has 0 fully saturated rings. The molecule has 23 heavy (non-hydrogen) atoms. The summed E-state index contributed by atoms with van der Waals surface area (Å²) in [5.41, 5.74) is 1.28. The van der Waals surface area contributed by atoms with E-state index in [4.69, 9.17) is 4.74 Å². The van der Waals surface area contributed by atoms with Gasteiger partial charge in [-0.2, -0.15) is 0 Å². The van der Waals surface area contributed by atoms with E-state index in [0.29, 0.717) is 5.75 Å². The van der Waals surface area contributed by atoms with Crippen LogP contribution in [0, 0.1) is 17.0 Å². The third kappa shape index (κ3) is 4.46. The number of amides is 1. The van der Waals surface area contributed by atoms with Crippen molar-refractivity contribution in [1.82, 2.24) is 0 Å². The zero-order valence-corrected chi connectivity index (χ0v) is 13.6. The molecule has 0 atom stereocenters. The third-order valence-corrected chi connectivity index (χ3v) is 4.30. The maximum Gasteiger partial charge on any atom is 0.271 e. The molecule has 6 nitrogen and oxygen atoms in total. The number of methoxy groups -OCH3 is 1. The molecule has 0 radical (unpaired) electrons. The molecule has 0 aliphatic carbocycles. The number of nitro benzene ring substituents is 1. The minimum absolute atomic E-state index is 0.104. The number of nitrogens with zero attached hydrogens (tertiary/aromatic N) is 1. The van der Waals surface area contributed by atoms with E-state index in [1.54, 1.807) is 0 Å². The molecule has 0 saturated heterocycles. The van der Waals surface area contributed by atoms with Crippen molar-refractivity contribution < 1.29 is 14.5 Å². The number of carbonyl (C=O) groups excluding carboxylic acids is 1. The molecule has 120 valence electrons. The summed E-state index contributed by atoms with van der Waals surface area (Å²) < 4.78 is 5.12. The van der Waals surface area contributed by atoms with Crippen molar-refractivity contribution in [1.29, 1.82) is 0 Å². The molecule has 1 amide bonds. The summed E-state index contributed by atoms with van der Waals surface area (Å²) in [6, 6.07) is 11.9. The molecule has 2 rings (SSSR count). The number of hydrogen-bond acceptors (Lipinski definition) is 5. The topological polar surface area (TPSA) is 81.5 Å². The predicted octanol–water partition coefficient (Wildman–Crippen LogP) is 3.64. The summed E-state index contributed by atoms with van der Waals surface area (Å²) in [6.07, 6.45) is 0. The Labute approximate surface area is 138 Å². The number of nitrogens with one attached hydrogen (secondary N) is 1. The number of anilines is 1. The number of non-ortho nitro benzene ring substituents is 1. The van der Waals surface area contributed by atoms with Crippen molar-refractivity contribution in [2.45, 2.75) is 11.8 Å². The van der Waals surface area contributed by atoms with Crippen LogP contribution in [0.5, 0.6) is 5.75 Å². The highest BCUT2D eigenvalue weighted by Crippen LogP contribution is 2.29. The average molecular weight is 332 g/mol. The van der Waals surface area contributed by atoms with Gasteiger partial charge in [-0.1, -0.05) is 18.2 Å². The Bertz CT molecular complexity index is 734. The van der Waals surface area contributed by atoms with Crippen molar-refractivity contribution in [2.24, 2.45) is 0 Å². The van der Waals surface area contributed by atoms with Crippen LogP contribution >= 0.6 is 11.8 Å². The van der Waals surface area contributed by atoms with Gasteiger partial charge in [0.2, 0.25) is 5.91 Å². The SMILES string of the molecule is COc1ccc([N+](=O)[O-])cc1NC(=O)CSc1ccccc1C. The van der Waals surface area contributed by atoms with Gasteiger partial charge in [0, 0.05) is 17.0 Å². The summed E-state index contributed by atoms with van der Waals surface area (Å²) in [6.45, 7) is 1.98. The molecule has 0 aliphatic rings. The lowest BCUT2D eigenvalue weighted by molar-refractivity contribution is -0.384. The minimum Gasteiger partial charge on any atom is -0.495 e. The number of nitro groups is 1. The third-order valence-electron chi connectivity index (χ3n) is 3.12. The predicted molar refractivity (Wildman–Crippen MR) is 90.2 cm³/mol. The Morgan fingerprint density at radius 2 is 2.04 bits per heavy atom. The summed E-state index contributed by atoms with van der Waals surface area (Å²) in [7, 11) is 1.44. The second-order valence-electron chi connectivity index (χ2n) is 4.74. The average Bonchev–Trinajstić information content (AvgIpc) is 2.54. The van der Waals surface area contributed by atoms with Gasteiger partial charge in [-0.3, -0.25) is 14.9 Å². The minimum atomic E-state index is -0.517. The molecule has 2 aromatic rings. The molecule has 2 aromatic carbocycles. The van der Waals surface area contributed by atoms with Gasteiger partial charge in [0.05, 0.1) is 23.5 Å². The van der Waals surface area contributed by atoms with E-state index in [9.17, 15) is 14.9 Å². The summed E-state index contributed by atoms with van der Waals surface area (Å²) >= 11 is 1.41. The summed E-state index contributed by atoms with van der Waals surface area (Å²) in [4.78, 5) is 23.4. The van der Waals surface area contributed by atoms with Crippen molar-refractivity contribution >= 4 is 29.0 Å². The molecule has 0 aromatic heterocycles. The lowest BCUT2D eigenvalue weighted by atomic mass is 10.2. The highest BCUT2D eigenvalue weighted by atomic mass is 32.2. The van der Waals surface area contributed by atoms with E-state index in [1.807, 2.05) is 31.2 Å². The van der Waals surface area contributed by atoms with Gasteiger partial charge in [-0.25, -0.2) is 0 Å². The number of aryl methyl sites for hydroxylation is 1. The number of thioether (sulfide) groups is 1. The van der Waals surface area contributed by atoms with Gasteiger partial charge in [-0.15, -0.1) is 11.8 Å². The zero-order chi connectivity index (χ0) is 16.8. The fraction of sp³-hybridized carbons (Fsp3) is 0.188. The maximum absolute atomic E-state index is 12.1. The van der Waals surface area contributed by atoms with Crippen molar-refractivity contribution in [3.05, 3.63) is 58.1 Å². The van der Waals surface area contributed by atoms with Gasteiger partial charge in [0.1, 0.15) is 5.75 Å². The van der Waals surface area contributed by atoms with Crippen LogP contribution in [0.3, 0.4) is 0 Å². The van der Waals surface area contributed by atoms with E-state index < -0.39 is 4.92 Å². The number of rotatable bonds is 6. The molecule has 0 saturated carbocycles. The second-order valence-corrected chi connectivity index (χ2v) is 5.76. The van der Waals surface area contributed by atoms with Crippen LogP contribution in [-0.4, -0.2) is 23.7 Å². The first-order valence-electron chi connectivity index (χ1n) is 6.82. The van der Waals surface area contributed by atoms with Gasteiger partial charge in [-0.05, 0) is 24.6 Å². The lowest BCUT2D eigenvalue weighted by Gasteiger charge is -2.10. The lowest BCUT2D eigenvalue weighted by Crippen LogP contribution is -2.15. The fourth-order valence-corrected chi connectivity index (χ4v) is 2.78. The van der Waals surface area contributed by atoms with E-state index in [-0.39, 0.29) is 23.0 Å². The van der Waals surface area contributed by atoms with Crippen LogP contribution in [0.1, 0.15) is 5.56 Å². The Hall–Kier alpha value is -2.54. The van der Waals surface area contributed by atoms with E-state index in [0.717, 1.165) is 10.5 Å². The maximum atomic E-state index is 12.1. The highest BCUT2D eigenvalue weighted by molar-refractivity contribution is 8.00. The van der Waals surface area contributed by atoms with Crippen LogP contribution in [0.2, 0.25) is 0 Å². The fourth-order valence-electron chi connectivity index (χ4n) is 1.96. The first-order chi connectivity index (χ1) is 11.0. The molecule has 0 bridgehead atoms. The molecule has 0 heterocycles. The second kappa shape index (κ2) is 7.64. The van der Waals surface area contributed by atoms with E-state index >= 15 is 0 Å². The molecular formula is C16H16N2O4S. The molecule has 1 N–H and O–H groups in total. The summed E-state index contributed by atoms with van der Waals surface area (Å²) in [5.74, 6) is 0.332. The molecular weight excluding hydrogens is 316 g/mol. The van der Waals surface area contributed by atoms with Crippen molar-refractivity contribution in [3.63, 3.8) is 0 Å². The standard InChI is InChI=1S/C16H16N2O4S/c1-11-5-3-4-6-15(11)23-10-16(19)17-13-9-12(18(20)21)7-8-14(13)22-2/h3-9H,10H2,1-2H3,(H,17,19). The summed E-state index contributed by atoms with van der Waals surface area (Å²) in [5, 5.41) is 13.5. The van der Waals surface area contributed by atoms with Crippen LogP contribution in [-0.2, 0) is 4.79 Å². The Morgan fingerprint density at radius 1 is 1.30 bits per heavy atom. The first-order valence-corrected chi connectivity index (χ1v) is 7.80. The molecule has 7 heteroatoms. The van der Waals surface area contributed by atoms with Gasteiger partial charge >= 0.3 is 0 Å². The van der Waals surface area contributed by atoms with Crippen LogP contribution in [0.4, 0.5) is 11.4 Å². The van der Waals surface area contributed by atoms with Crippen molar-refractivity contribution in [2.75, 3.05) is 18.2 Å². The van der Waals surface area contributed by atoms with Crippen LogP contribution < -0.4 is 10.1 Å². The Morgan fingerprint density at radius 3 is 2.70 bits per heavy atom. The first kappa shape index (κ1) is 16.8. The smallest absolute Gasteiger partial charge is 0.271 e. The zero-order valence-electron chi connectivity index (χ0n) is 12.7.